The number of rotatable bonds is 1. The van der Waals surface area contributed by atoms with E-state index in [0.29, 0.717) is 11.6 Å². The molecule has 1 aromatic heterocycles. The fraction of sp³-hybridized carbons (Fsp3) is 0.111. The van der Waals surface area contributed by atoms with Gasteiger partial charge in [-0.1, -0.05) is 18.2 Å². The molecule has 4 nitrogen and oxygen atoms in total. The summed E-state index contributed by atoms with van der Waals surface area (Å²) in [6, 6.07) is 7.41. The minimum Gasteiger partial charge on any atom is -0.355 e. The fourth-order valence-corrected chi connectivity index (χ4v) is 1.52. The molecule has 0 radical (unpaired) electrons. The molecule has 1 aromatic carbocycles. The second-order valence-electron chi connectivity index (χ2n) is 2.86. The normalized spacial score (nSPS) is 10.4. The van der Waals surface area contributed by atoms with Gasteiger partial charge in [0.25, 0.3) is 0 Å². The molecule has 5 heteroatoms. The van der Waals surface area contributed by atoms with Crippen molar-refractivity contribution < 1.29 is 4.52 Å². The van der Waals surface area contributed by atoms with Gasteiger partial charge in [0.15, 0.2) is 0 Å². The summed E-state index contributed by atoms with van der Waals surface area (Å²) in [5.41, 5.74) is 0.306. The summed E-state index contributed by atoms with van der Waals surface area (Å²) in [5, 5.41) is 0.894. The van der Waals surface area contributed by atoms with Crippen molar-refractivity contribution in [3.63, 3.8) is 0 Å². The summed E-state index contributed by atoms with van der Waals surface area (Å²) in [6.45, 7) is 1.64. The number of nitrogens with zero attached hydrogens (tertiary/aromatic N) is 2. The Morgan fingerprint density at radius 1 is 1.43 bits per heavy atom. The van der Waals surface area contributed by atoms with Crippen LogP contribution in [0.5, 0.6) is 0 Å². The topological polar surface area (TPSA) is 48.0 Å². The Bertz CT molecular complexity index is 516. The van der Waals surface area contributed by atoms with E-state index in [4.69, 9.17) is 4.52 Å². The van der Waals surface area contributed by atoms with Gasteiger partial charge in [-0.2, -0.15) is 4.98 Å². The lowest BCUT2D eigenvalue weighted by Gasteiger charge is -2.01. The third-order valence-corrected chi connectivity index (χ3v) is 2.29. The van der Waals surface area contributed by atoms with E-state index in [1.807, 2.05) is 18.2 Å². The Kier molecular flexibility index (Phi) is 2.22. The van der Waals surface area contributed by atoms with Crippen molar-refractivity contribution in [1.29, 1.82) is 0 Å². The number of benzene rings is 1. The molecule has 0 spiro atoms. The van der Waals surface area contributed by atoms with E-state index in [1.54, 1.807) is 13.0 Å². The first kappa shape index (κ1) is 9.16. The zero-order valence-electron chi connectivity index (χ0n) is 7.60. The van der Waals surface area contributed by atoms with Gasteiger partial charge < -0.3 is 4.52 Å². The van der Waals surface area contributed by atoms with E-state index in [0.717, 1.165) is 5.30 Å². The SMILES string of the molecule is Cc1nc(=O)n(-c2ccccc2P)o1. The summed E-state index contributed by atoms with van der Waals surface area (Å²) < 4.78 is 6.34. The quantitative estimate of drug-likeness (QED) is 0.646. The Morgan fingerprint density at radius 3 is 2.71 bits per heavy atom. The van der Waals surface area contributed by atoms with Crippen molar-refractivity contribution >= 4 is 14.5 Å². The minimum atomic E-state index is -0.391. The van der Waals surface area contributed by atoms with Crippen LogP contribution in [0.25, 0.3) is 5.69 Å². The lowest BCUT2D eigenvalue weighted by molar-refractivity contribution is 0.321. The van der Waals surface area contributed by atoms with Crippen LogP contribution < -0.4 is 11.0 Å². The molecule has 1 heterocycles. The van der Waals surface area contributed by atoms with E-state index >= 15 is 0 Å². The van der Waals surface area contributed by atoms with Crippen molar-refractivity contribution in [2.75, 3.05) is 0 Å². The average molecular weight is 208 g/mol. The maximum absolute atomic E-state index is 11.3. The fourth-order valence-electron chi connectivity index (χ4n) is 1.20. The minimum absolute atomic E-state index is 0.364. The van der Waals surface area contributed by atoms with Crippen LogP contribution in [-0.4, -0.2) is 9.72 Å². The number of hydrogen-bond donors (Lipinski definition) is 0. The molecule has 2 aromatic rings. The van der Waals surface area contributed by atoms with Crippen LogP contribution in [0, 0.1) is 6.92 Å². The lowest BCUT2D eigenvalue weighted by atomic mass is 10.3. The maximum Gasteiger partial charge on any atom is 0.384 e. The lowest BCUT2D eigenvalue weighted by Crippen LogP contribution is -2.18. The number of hydrogen-bond acceptors (Lipinski definition) is 3. The van der Waals surface area contributed by atoms with Gasteiger partial charge in [0.2, 0.25) is 5.89 Å². The van der Waals surface area contributed by atoms with E-state index in [1.165, 1.54) is 4.74 Å². The molecule has 1 atom stereocenters. The molecule has 0 aliphatic rings. The third-order valence-electron chi connectivity index (χ3n) is 1.81. The summed E-state index contributed by atoms with van der Waals surface area (Å²) in [5.74, 6) is 0.364. The summed E-state index contributed by atoms with van der Waals surface area (Å²) in [4.78, 5) is 15.0. The predicted molar refractivity (Wildman–Crippen MR) is 56.2 cm³/mol. The van der Waals surface area contributed by atoms with Gasteiger partial charge in [-0.25, -0.2) is 4.79 Å². The van der Waals surface area contributed by atoms with Crippen LogP contribution >= 0.6 is 9.24 Å². The first-order valence-electron chi connectivity index (χ1n) is 4.10. The largest absolute Gasteiger partial charge is 0.384 e. The van der Waals surface area contributed by atoms with Crippen molar-refractivity contribution in [2.24, 2.45) is 0 Å². The zero-order valence-corrected chi connectivity index (χ0v) is 8.75. The van der Waals surface area contributed by atoms with Crippen LogP contribution in [0.15, 0.2) is 33.6 Å². The second kappa shape index (κ2) is 3.39. The molecule has 14 heavy (non-hydrogen) atoms. The Labute approximate surface area is 82.7 Å². The van der Waals surface area contributed by atoms with Crippen LogP contribution in [0.1, 0.15) is 5.89 Å². The van der Waals surface area contributed by atoms with Gasteiger partial charge in [-0.05, 0) is 11.4 Å². The van der Waals surface area contributed by atoms with E-state index in [9.17, 15) is 4.79 Å². The summed E-state index contributed by atoms with van der Waals surface area (Å²) >= 11 is 0. The molecule has 0 amide bonds. The van der Waals surface area contributed by atoms with E-state index < -0.39 is 5.69 Å². The number of aryl methyl sites for hydroxylation is 1. The van der Waals surface area contributed by atoms with Crippen LogP contribution in [0.2, 0.25) is 0 Å². The van der Waals surface area contributed by atoms with Gasteiger partial charge in [-0.3, -0.25) is 0 Å². The molecule has 0 aliphatic carbocycles. The first-order valence-corrected chi connectivity index (χ1v) is 4.68. The second-order valence-corrected chi connectivity index (χ2v) is 3.48. The molecule has 0 bridgehead atoms. The molecule has 0 N–H and O–H groups in total. The Morgan fingerprint density at radius 2 is 2.14 bits per heavy atom. The van der Waals surface area contributed by atoms with Crippen molar-refractivity contribution in [1.82, 2.24) is 9.72 Å². The molecule has 0 aliphatic heterocycles. The molecule has 2 rings (SSSR count). The molecular weight excluding hydrogens is 199 g/mol. The molecular formula is C9H9N2O2P. The zero-order chi connectivity index (χ0) is 10.1. The Balaban J connectivity index is 2.66. The van der Waals surface area contributed by atoms with Gasteiger partial charge in [-0.15, -0.1) is 14.0 Å². The highest BCUT2D eigenvalue weighted by Crippen LogP contribution is 2.05. The monoisotopic (exact) mass is 208 g/mol. The van der Waals surface area contributed by atoms with Gasteiger partial charge in [0.05, 0.1) is 5.69 Å². The van der Waals surface area contributed by atoms with E-state index in [-0.39, 0.29) is 0 Å². The van der Waals surface area contributed by atoms with Crippen molar-refractivity contribution in [3.05, 3.63) is 40.6 Å². The van der Waals surface area contributed by atoms with Crippen LogP contribution in [0.4, 0.5) is 0 Å². The third kappa shape index (κ3) is 1.49. The first-order chi connectivity index (χ1) is 6.68. The summed E-state index contributed by atoms with van der Waals surface area (Å²) in [7, 11) is 2.54. The number of para-hydroxylation sites is 1. The standard InChI is InChI=1S/C9H9N2O2P/c1-6-10-9(12)11(13-6)7-4-2-3-5-8(7)14/h2-5H,14H2,1H3. The molecule has 1 unspecified atom stereocenters. The van der Waals surface area contributed by atoms with Crippen molar-refractivity contribution in [2.45, 2.75) is 6.92 Å². The van der Waals surface area contributed by atoms with Crippen LogP contribution in [0.3, 0.4) is 0 Å². The highest BCUT2D eigenvalue weighted by molar-refractivity contribution is 7.27. The van der Waals surface area contributed by atoms with Gasteiger partial charge >= 0.3 is 5.69 Å². The summed E-state index contributed by atoms with van der Waals surface area (Å²) in [6.07, 6.45) is 0. The van der Waals surface area contributed by atoms with Gasteiger partial charge in [0.1, 0.15) is 0 Å². The molecule has 72 valence electrons. The maximum atomic E-state index is 11.3. The number of aromatic nitrogens is 2. The molecule has 0 saturated carbocycles. The predicted octanol–water partition coefficient (Wildman–Crippen LogP) is 0.634. The van der Waals surface area contributed by atoms with Crippen molar-refractivity contribution in [3.8, 4) is 5.69 Å². The smallest absolute Gasteiger partial charge is 0.355 e. The van der Waals surface area contributed by atoms with Gasteiger partial charge in [0, 0.05) is 6.92 Å². The van der Waals surface area contributed by atoms with E-state index in [2.05, 4.69) is 14.2 Å². The average Bonchev–Trinajstić information content (AvgIpc) is 2.46. The molecule has 0 fully saturated rings. The highest BCUT2D eigenvalue weighted by atomic mass is 31.0. The molecule has 0 saturated heterocycles. The van der Waals surface area contributed by atoms with Crippen LogP contribution in [-0.2, 0) is 0 Å². The Hall–Kier alpha value is -1.41. The highest BCUT2D eigenvalue weighted by Gasteiger charge is 2.07.